The summed E-state index contributed by atoms with van der Waals surface area (Å²) in [5, 5.41) is 0. The summed E-state index contributed by atoms with van der Waals surface area (Å²) >= 11 is 0. The van der Waals surface area contributed by atoms with Gasteiger partial charge in [-0.3, -0.25) is 0 Å². The molecule has 4 aromatic carbocycles. The highest BCUT2D eigenvalue weighted by molar-refractivity contribution is 5.72. The minimum Gasteiger partial charge on any atom is -0.204 e. The molecule has 168 valence electrons. The van der Waals surface area contributed by atoms with E-state index in [9.17, 15) is 17.6 Å². The van der Waals surface area contributed by atoms with E-state index < -0.39 is 23.3 Å². The summed E-state index contributed by atoms with van der Waals surface area (Å²) in [6.07, 6.45) is 3.15. The van der Waals surface area contributed by atoms with Gasteiger partial charge in [0, 0.05) is 11.1 Å². The van der Waals surface area contributed by atoms with Crippen LogP contribution in [0, 0.1) is 23.3 Å². The van der Waals surface area contributed by atoms with E-state index in [1.165, 1.54) is 11.6 Å². The monoisotopic (exact) mass is 448 g/mol. The van der Waals surface area contributed by atoms with Crippen molar-refractivity contribution in [1.82, 2.24) is 0 Å². The molecule has 0 radical (unpaired) electrons. The lowest BCUT2D eigenvalue weighted by atomic mass is 9.96. The number of rotatable bonds is 7. The summed E-state index contributed by atoms with van der Waals surface area (Å²) in [7, 11) is 0. The SMILES string of the molecule is CCCc1ccc(-c2ccc(-c3ccc(CCc4ccc(F)c(F)c4)cc3)c(F)c2F)cc1. The fourth-order valence-electron chi connectivity index (χ4n) is 3.97. The summed E-state index contributed by atoms with van der Waals surface area (Å²) in [6.45, 7) is 2.10. The van der Waals surface area contributed by atoms with Crippen LogP contribution >= 0.6 is 0 Å². The minimum atomic E-state index is -0.875. The molecular formula is C29H24F4. The molecule has 4 rings (SSSR count). The second-order valence-electron chi connectivity index (χ2n) is 8.18. The molecule has 0 amide bonds. The van der Waals surface area contributed by atoms with Gasteiger partial charge in [0.15, 0.2) is 23.3 Å². The summed E-state index contributed by atoms with van der Waals surface area (Å²) in [4.78, 5) is 0. The van der Waals surface area contributed by atoms with E-state index in [-0.39, 0.29) is 11.1 Å². The molecule has 4 heteroatoms. The van der Waals surface area contributed by atoms with Crippen molar-refractivity contribution in [3.8, 4) is 22.3 Å². The van der Waals surface area contributed by atoms with Gasteiger partial charge in [0.2, 0.25) is 0 Å². The van der Waals surface area contributed by atoms with Gasteiger partial charge >= 0.3 is 0 Å². The van der Waals surface area contributed by atoms with Crippen molar-refractivity contribution in [2.75, 3.05) is 0 Å². The molecule has 0 saturated heterocycles. The Morgan fingerprint density at radius 3 is 1.42 bits per heavy atom. The molecule has 0 fully saturated rings. The third kappa shape index (κ3) is 5.16. The largest absolute Gasteiger partial charge is 0.204 e. The highest BCUT2D eigenvalue weighted by Crippen LogP contribution is 2.32. The molecule has 4 aromatic rings. The number of benzene rings is 4. The predicted molar refractivity (Wildman–Crippen MR) is 125 cm³/mol. The molecule has 0 saturated carbocycles. The molecule has 0 aliphatic rings. The molecule has 0 unspecified atom stereocenters. The zero-order valence-corrected chi connectivity index (χ0v) is 18.3. The van der Waals surface area contributed by atoms with Gasteiger partial charge < -0.3 is 0 Å². The number of hydrogen-bond donors (Lipinski definition) is 0. The van der Waals surface area contributed by atoms with Crippen LogP contribution < -0.4 is 0 Å². The maximum absolute atomic E-state index is 14.9. The van der Waals surface area contributed by atoms with Crippen LogP contribution in [0.5, 0.6) is 0 Å². The number of hydrogen-bond acceptors (Lipinski definition) is 0. The molecule has 0 N–H and O–H groups in total. The molecular weight excluding hydrogens is 424 g/mol. The fourth-order valence-corrected chi connectivity index (χ4v) is 3.97. The van der Waals surface area contributed by atoms with Crippen LogP contribution in [-0.4, -0.2) is 0 Å². The molecule has 0 bridgehead atoms. The average Bonchev–Trinajstić information content (AvgIpc) is 2.83. The lowest BCUT2D eigenvalue weighted by Crippen LogP contribution is -1.96. The second-order valence-corrected chi connectivity index (χ2v) is 8.18. The van der Waals surface area contributed by atoms with E-state index in [1.54, 1.807) is 30.3 Å². The van der Waals surface area contributed by atoms with Gasteiger partial charge in [-0.15, -0.1) is 0 Å². The highest BCUT2D eigenvalue weighted by atomic mass is 19.2. The first-order chi connectivity index (χ1) is 16.0. The van der Waals surface area contributed by atoms with Gasteiger partial charge in [0.25, 0.3) is 0 Å². The summed E-state index contributed by atoms with van der Waals surface area (Å²) < 4.78 is 56.3. The average molecular weight is 449 g/mol. The van der Waals surface area contributed by atoms with Gasteiger partial charge in [-0.1, -0.05) is 80.1 Å². The Bertz CT molecular complexity index is 1240. The zero-order chi connectivity index (χ0) is 23.4. The van der Waals surface area contributed by atoms with E-state index in [4.69, 9.17) is 0 Å². The van der Waals surface area contributed by atoms with E-state index in [2.05, 4.69) is 6.92 Å². The van der Waals surface area contributed by atoms with Crippen molar-refractivity contribution < 1.29 is 17.6 Å². The Labute approximate surface area is 191 Å². The van der Waals surface area contributed by atoms with Gasteiger partial charge in [-0.2, -0.15) is 0 Å². The first-order valence-corrected chi connectivity index (χ1v) is 11.1. The van der Waals surface area contributed by atoms with E-state index in [0.29, 0.717) is 29.5 Å². The van der Waals surface area contributed by atoms with Crippen LogP contribution in [0.2, 0.25) is 0 Å². The fraction of sp³-hybridized carbons (Fsp3) is 0.172. The topological polar surface area (TPSA) is 0 Å². The molecule has 0 aliphatic heterocycles. The van der Waals surface area contributed by atoms with Crippen LogP contribution in [0.3, 0.4) is 0 Å². The molecule has 0 atom stereocenters. The summed E-state index contributed by atoms with van der Waals surface area (Å²) in [6, 6.07) is 21.8. The Morgan fingerprint density at radius 1 is 0.485 bits per heavy atom. The molecule has 0 spiro atoms. The maximum atomic E-state index is 14.9. The smallest absolute Gasteiger partial charge is 0.167 e. The van der Waals surface area contributed by atoms with Crippen molar-refractivity contribution in [2.24, 2.45) is 0 Å². The first kappa shape index (κ1) is 22.8. The van der Waals surface area contributed by atoms with Crippen LogP contribution in [0.15, 0.2) is 78.9 Å². The Balaban J connectivity index is 1.50. The number of halogens is 4. The predicted octanol–water partition coefficient (Wildman–Crippen LogP) is 8.31. The lowest BCUT2D eigenvalue weighted by Gasteiger charge is -2.11. The van der Waals surface area contributed by atoms with E-state index >= 15 is 0 Å². The van der Waals surface area contributed by atoms with Crippen LogP contribution in [0.25, 0.3) is 22.3 Å². The van der Waals surface area contributed by atoms with Crippen molar-refractivity contribution in [3.63, 3.8) is 0 Å². The van der Waals surface area contributed by atoms with Crippen molar-refractivity contribution >= 4 is 0 Å². The molecule has 0 aliphatic carbocycles. The van der Waals surface area contributed by atoms with Gasteiger partial charge in [0.05, 0.1) is 0 Å². The molecule has 0 aromatic heterocycles. The van der Waals surface area contributed by atoms with Gasteiger partial charge in [-0.25, -0.2) is 17.6 Å². The standard InChI is InChI=1S/C29H24F4/c1-2-3-19-6-11-22(12-7-19)24-15-16-25(29(33)28(24)32)23-13-8-20(9-14-23)4-5-21-10-17-26(30)27(31)18-21/h6-18H,2-5H2,1H3. The lowest BCUT2D eigenvalue weighted by molar-refractivity contribution is 0.507. The van der Waals surface area contributed by atoms with Crippen LogP contribution in [0.4, 0.5) is 17.6 Å². The normalized spacial score (nSPS) is 11.1. The highest BCUT2D eigenvalue weighted by Gasteiger charge is 2.16. The molecule has 33 heavy (non-hydrogen) atoms. The molecule has 0 heterocycles. The quantitative estimate of drug-likeness (QED) is 0.249. The van der Waals surface area contributed by atoms with Crippen molar-refractivity contribution in [3.05, 3.63) is 119 Å². The second kappa shape index (κ2) is 10.0. The van der Waals surface area contributed by atoms with Crippen molar-refractivity contribution in [2.45, 2.75) is 32.6 Å². The first-order valence-electron chi connectivity index (χ1n) is 11.1. The Kier molecular flexibility index (Phi) is 6.93. The van der Waals surface area contributed by atoms with Gasteiger partial charge in [0.1, 0.15) is 0 Å². The third-order valence-corrected chi connectivity index (χ3v) is 5.84. The van der Waals surface area contributed by atoms with Crippen molar-refractivity contribution in [1.29, 1.82) is 0 Å². The van der Waals surface area contributed by atoms with E-state index in [0.717, 1.165) is 24.5 Å². The Hall–Kier alpha value is -3.40. The Morgan fingerprint density at radius 2 is 0.939 bits per heavy atom. The maximum Gasteiger partial charge on any atom is 0.167 e. The summed E-state index contributed by atoms with van der Waals surface area (Å²) in [5.41, 5.74) is 4.49. The van der Waals surface area contributed by atoms with E-state index in [1.807, 2.05) is 36.4 Å². The number of aryl methyl sites for hydroxylation is 3. The minimum absolute atomic E-state index is 0.200. The van der Waals surface area contributed by atoms with Crippen LogP contribution in [-0.2, 0) is 19.3 Å². The molecule has 0 nitrogen and oxygen atoms in total. The zero-order valence-electron chi connectivity index (χ0n) is 18.3. The van der Waals surface area contributed by atoms with Crippen LogP contribution in [0.1, 0.15) is 30.0 Å². The summed E-state index contributed by atoms with van der Waals surface area (Å²) in [5.74, 6) is -3.46. The van der Waals surface area contributed by atoms with Gasteiger partial charge in [-0.05, 0) is 59.2 Å². The third-order valence-electron chi connectivity index (χ3n) is 5.84.